The van der Waals surface area contributed by atoms with Gasteiger partial charge in [0, 0.05) is 19.8 Å². The Morgan fingerprint density at radius 2 is 1.75 bits per heavy atom. The molecule has 0 saturated carbocycles. The first-order valence-corrected chi connectivity index (χ1v) is 7.62. The molecule has 0 saturated heterocycles. The standard InChI is InChI=1S/C17H29NO2/c1-14(2)13-19-11-5-10-18-12-16-6-8-17(9-7-16)20-15(3)4/h6-9,14-15,18H,5,10-13H2,1-4H3. The second-order valence-electron chi connectivity index (χ2n) is 5.81. The maximum Gasteiger partial charge on any atom is 0.119 e. The summed E-state index contributed by atoms with van der Waals surface area (Å²) in [6.45, 7) is 12.0. The van der Waals surface area contributed by atoms with Crippen molar-refractivity contribution in [2.24, 2.45) is 5.92 Å². The molecule has 0 aliphatic heterocycles. The van der Waals surface area contributed by atoms with Crippen molar-refractivity contribution in [3.8, 4) is 5.75 Å². The lowest BCUT2D eigenvalue weighted by atomic mass is 10.2. The minimum absolute atomic E-state index is 0.227. The average molecular weight is 279 g/mol. The van der Waals surface area contributed by atoms with Gasteiger partial charge in [-0.15, -0.1) is 0 Å². The molecule has 0 amide bonds. The van der Waals surface area contributed by atoms with Crippen LogP contribution >= 0.6 is 0 Å². The molecule has 0 radical (unpaired) electrons. The first-order chi connectivity index (χ1) is 9.58. The van der Waals surface area contributed by atoms with Gasteiger partial charge in [0.25, 0.3) is 0 Å². The predicted octanol–water partition coefficient (Wildman–Crippen LogP) is 3.63. The van der Waals surface area contributed by atoms with Gasteiger partial charge in [-0.2, -0.15) is 0 Å². The fraction of sp³-hybridized carbons (Fsp3) is 0.647. The zero-order valence-corrected chi connectivity index (χ0v) is 13.3. The molecule has 114 valence electrons. The molecular formula is C17H29NO2. The molecule has 0 fully saturated rings. The fourth-order valence-electron chi connectivity index (χ4n) is 1.81. The molecule has 3 heteroatoms. The molecule has 0 aliphatic rings. The molecule has 0 spiro atoms. The third-order valence-corrected chi connectivity index (χ3v) is 2.72. The summed E-state index contributed by atoms with van der Waals surface area (Å²) in [4.78, 5) is 0. The molecule has 1 rings (SSSR count). The van der Waals surface area contributed by atoms with E-state index in [1.165, 1.54) is 5.56 Å². The third kappa shape index (κ3) is 8.18. The lowest BCUT2D eigenvalue weighted by molar-refractivity contribution is 0.108. The van der Waals surface area contributed by atoms with Gasteiger partial charge in [-0.3, -0.25) is 0 Å². The van der Waals surface area contributed by atoms with Crippen LogP contribution in [0.15, 0.2) is 24.3 Å². The first-order valence-electron chi connectivity index (χ1n) is 7.62. The Morgan fingerprint density at radius 3 is 2.35 bits per heavy atom. The topological polar surface area (TPSA) is 30.5 Å². The Kier molecular flexibility index (Phi) is 8.31. The summed E-state index contributed by atoms with van der Waals surface area (Å²) < 4.78 is 11.2. The van der Waals surface area contributed by atoms with Crippen molar-refractivity contribution in [2.45, 2.75) is 46.8 Å². The van der Waals surface area contributed by atoms with E-state index < -0.39 is 0 Å². The summed E-state index contributed by atoms with van der Waals surface area (Å²) in [5, 5.41) is 3.43. The molecule has 0 bridgehead atoms. The van der Waals surface area contributed by atoms with Crippen molar-refractivity contribution in [1.29, 1.82) is 0 Å². The van der Waals surface area contributed by atoms with Crippen LogP contribution < -0.4 is 10.1 Å². The zero-order valence-electron chi connectivity index (χ0n) is 13.3. The van der Waals surface area contributed by atoms with E-state index in [0.29, 0.717) is 5.92 Å². The van der Waals surface area contributed by atoms with Crippen molar-refractivity contribution in [3.63, 3.8) is 0 Å². The van der Waals surface area contributed by atoms with E-state index in [-0.39, 0.29) is 6.10 Å². The van der Waals surface area contributed by atoms with E-state index >= 15 is 0 Å². The quantitative estimate of drug-likeness (QED) is 0.663. The van der Waals surface area contributed by atoms with Crippen LogP contribution in [0.5, 0.6) is 5.75 Å². The fourth-order valence-corrected chi connectivity index (χ4v) is 1.81. The Labute approximate surface area is 123 Å². The minimum Gasteiger partial charge on any atom is -0.491 e. The van der Waals surface area contributed by atoms with E-state index in [0.717, 1.165) is 38.5 Å². The van der Waals surface area contributed by atoms with Crippen LogP contribution in [-0.2, 0) is 11.3 Å². The van der Waals surface area contributed by atoms with Crippen LogP contribution in [-0.4, -0.2) is 25.9 Å². The molecule has 0 unspecified atom stereocenters. The van der Waals surface area contributed by atoms with E-state index in [1.807, 2.05) is 26.0 Å². The van der Waals surface area contributed by atoms with Crippen LogP contribution in [0.4, 0.5) is 0 Å². The summed E-state index contributed by atoms with van der Waals surface area (Å²) in [5.74, 6) is 1.56. The van der Waals surface area contributed by atoms with Crippen LogP contribution in [0.1, 0.15) is 39.7 Å². The van der Waals surface area contributed by atoms with Gasteiger partial charge in [0.15, 0.2) is 0 Å². The lowest BCUT2D eigenvalue weighted by Crippen LogP contribution is -2.17. The summed E-state index contributed by atoms with van der Waals surface area (Å²) >= 11 is 0. The smallest absolute Gasteiger partial charge is 0.119 e. The van der Waals surface area contributed by atoms with Gasteiger partial charge in [0.05, 0.1) is 6.10 Å². The maximum absolute atomic E-state index is 5.62. The van der Waals surface area contributed by atoms with Crippen molar-refractivity contribution in [1.82, 2.24) is 5.32 Å². The average Bonchev–Trinajstić information content (AvgIpc) is 2.38. The van der Waals surface area contributed by atoms with Gasteiger partial charge >= 0.3 is 0 Å². The number of benzene rings is 1. The lowest BCUT2D eigenvalue weighted by Gasteiger charge is -2.10. The van der Waals surface area contributed by atoms with Gasteiger partial charge in [-0.05, 0) is 50.4 Å². The largest absolute Gasteiger partial charge is 0.491 e. The second-order valence-corrected chi connectivity index (χ2v) is 5.81. The molecule has 0 aliphatic carbocycles. The summed E-state index contributed by atoms with van der Waals surface area (Å²) in [6.07, 6.45) is 1.28. The van der Waals surface area contributed by atoms with Crippen LogP contribution in [0, 0.1) is 5.92 Å². The molecule has 0 atom stereocenters. The molecule has 0 heterocycles. The molecule has 20 heavy (non-hydrogen) atoms. The maximum atomic E-state index is 5.62. The Morgan fingerprint density at radius 1 is 1.05 bits per heavy atom. The highest BCUT2D eigenvalue weighted by molar-refractivity contribution is 5.27. The Balaban J connectivity index is 2.10. The molecule has 1 aromatic carbocycles. The van der Waals surface area contributed by atoms with Gasteiger partial charge in [0.1, 0.15) is 5.75 Å². The van der Waals surface area contributed by atoms with Crippen molar-refractivity contribution in [2.75, 3.05) is 19.8 Å². The Bertz CT molecular complexity index is 347. The summed E-state index contributed by atoms with van der Waals surface area (Å²) in [6, 6.07) is 8.28. The highest BCUT2D eigenvalue weighted by Crippen LogP contribution is 2.13. The van der Waals surface area contributed by atoms with E-state index in [4.69, 9.17) is 9.47 Å². The van der Waals surface area contributed by atoms with Crippen molar-refractivity contribution >= 4 is 0 Å². The zero-order chi connectivity index (χ0) is 14.8. The molecular weight excluding hydrogens is 250 g/mol. The number of rotatable bonds is 10. The van der Waals surface area contributed by atoms with Crippen LogP contribution in [0.3, 0.4) is 0 Å². The Hall–Kier alpha value is -1.06. The first kappa shape index (κ1) is 17.0. The third-order valence-electron chi connectivity index (χ3n) is 2.72. The molecule has 3 nitrogen and oxygen atoms in total. The monoisotopic (exact) mass is 279 g/mol. The van der Waals surface area contributed by atoms with E-state index in [2.05, 4.69) is 31.3 Å². The summed E-state index contributed by atoms with van der Waals surface area (Å²) in [5.41, 5.74) is 1.28. The highest BCUT2D eigenvalue weighted by atomic mass is 16.5. The summed E-state index contributed by atoms with van der Waals surface area (Å²) in [7, 11) is 0. The van der Waals surface area contributed by atoms with Gasteiger partial charge < -0.3 is 14.8 Å². The number of nitrogens with one attached hydrogen (secondary N) is 1. The molecule has 1 aromatic rings. The SMILES string of the molecule is CC(C)COCCCNCc1ccc(OC(C)C)cc1. The van der Waals surface area contributed by atoms with Crippen molar-refractivity contribution in [3.05, 3.63) is 29.8 Å². The normalized spacial score (nSPS) is 11.3. The van der Waals surface area contributed by atoms with Crippen LogP contribution in [0.2, 0.25) is 0 Å². The van der Waals surface area contributed by atoms with E-state index in [1.54, 1.807) is 0 Å². The van der Waals surface area contributed by atoms with Gasteiger partial charge in [-0.1, -0.05) is 26.0 Å². The predicted molar refractivity (Wildman–Crippen MR) is 84.2 cm³/mol. The van der Waals surface area contributed by atoms with Gasteiger partial charge in [0.2, 0.25) is 0 Å². The van der Waals surface area contributed by atoms with Crippen molar-refractivity contribution < 1.29 is 9.47 Å². The van der Waals surface area contributed by atoms with Crippen LogP contribution in [0.25, 0.3) is 0 Å². The highest BCUT2D eigenvalue weighted by Gasteiger charge is 1.98. The second kappa shape index (κ2) is 9.78. The number of hydrogen-bond acceptors (Lipinski definition) is 3. The minimum atomic E-state index is 0.227. The van der Waals surface area contributed by atoms with E-state index in [9.17, 15) is 0 Å². The number of ether oxygens (including phenoxy) is 2. The molecule has 0 aromatic heterocycles. The van der Waals surface area contributed by atoms with Gasteiger partial charge in [-0.25, -0.2) is 0 Å². The molecule has 1 N–H and O–H groups in total. The number of hydrogen-bond donors (Lipinski definition) is 1.